The van der Waals surface area contributed by atoms with Crippen LogP contribution >= 0.6 is 0 Å². The first-order valence-electron chi connectivity index (χ1n) is 6.03. The van der Waals surface area contributed by atoms with Crippen LogP contribution in [0.15, 0.2) is 30.3 Å². The number of hydrogen-bond acceptors (Lipinski definition) is 4. The first kappa shape index (κ1) is 14.8. The average Bonchev–Trinajstić information content (AvgIpc) is 2.61. The van der Waals surface area contributed by atoms with Gasteiger partial charge < -0.3 is 9.84 Å². The summed E-state index contributed by atoms with van der Waals surface area (Å²) < 4.78 is 30.5. The molecule has 0 spiro atoms. The highest BCUT2D eigenvalue weighted by Gasteiger charge is 2.45. The monoisotopic (exact) mass is 300 g/mol. The molecule has 1 fully saturated rings. The summed E-state index contributed by atoms with van der Waals surface area (Å²) in [4.78, 5) is 11.1. The van der Waals surface area contributed by atoms with Crippen LogP contribution in [0.4, 0.5) is 4.79 Å². The van der Waals surface area contributed by atoms with Crippen LogP contribution in [0.5, 0.6) is 0 Å². The number of carboxylic acid groups (broad SMARTS) is 1. The van der Waals surface area contributed by atoms with Gasteiger partial charge in [0.1, 0.15) is 0 Å². The summed E-state index contributed by atoms with van der Waals surface area (Å²) in [5, 5.41) is 9.02. The molecule has 110 valence electrons. The van der Waals surface area contributed by atoms with Gasteiger partial charge in [-0.2, -0.15) is 17.0 Å². The summed E-state index contributed by atoms with van der Waals surface area (Å²) in [5.74, 6) is 0. The van der Waals surface area contributed by atoms with Crippen molar-refractivity contribution in [1.82, 2.24) is 8.61 Å². The van der Waals surface area contributed by atoms with E-state index in [0.29, 0.717) is 10.9 Å². The minimum absolute atomic E-state index is 0.0325. The third-order valence-electron chi connectivity index (χ3n) is 3.05. The first-order valence-corrected chi connectivity index (χ1v) is 7.43. The van der Waals surface area contributed by atoms with Gasteiger partial charge in [0.05, 0.1) is 19.3 Å². The summed E-state index contributed by atoms with van der Waals surface area (Å²) in [7, 11) is -2.57. The van der Waals surface area contributed by atoms with Crippen molar-refractivity contribution >= 4 is 16.3 Å². The molecule has 1 aromatic rings. The Labute approximate surface area is 117 Å². The molecule has 1 amide bonds. The van der Waals surface area contributed by atoms with Crippen LogP contribution in [0.3, 0.4) is 0 Å². The third kappa shape index (κ3) is 2.92. The van der Waals surface area contributed by atoms with E-state index in [-0.39, 0.29) is 13.2 Å². The Kier molecular flexibility index (Phi) is 4.26. The Bertz CT molecular complexity index is 575. The van der Waals surface area contributed by atoms with Gasteiger partial charge in [-0.05, 0) is 5.56 Å². The van der Waals surface area contributed by atoms with Crippen LogP contribution in [0.2, 0.25) is 0 Å². The van der Waals surface area contributed by atoms with Crippen molar-refractivity contribution in [3.8, 4) is 0 Å². The predicted octanol–water partition coefficient (Wildman–Crippen LogP) is 0.742. The van der Waals surface area contributed by atoms with E-state index in [0.717, 1.165) is 9.87 Å². The predicted molar refractivity (Wildman–Crippen MR) is 71.3 cm³/mol. The van der Waals surface area contributed by atoms with E-state index in [4.69, 9.17) is 9.84 Å². The fourth-order valence-electron chi connectivity index (χ4n) is 2.07. The van der Waals surface area contributed by atoms with E-state index in [1.165, 1.54) is 7.05 Å². The molecule has 1 aromatic carbocycles. The molecule has 0 radical (unpaired) electrons. The second-order valence-electron chi connectivity index (χ2n) is 4.52. The van der Waals surface area contributed by atoms with Gasteiger partial charge in [-0.25, -0.2) is 4.79 Å². The second-order valence-corrected chi connectivity index (χ2v) is 6.43. The number of hydrogen-bond donors (Lipinski definition) is 1. The summed E-state index contributed by atoms with van der Waals surface area (Å²) in [6, 6.07) is 8.67. The maximum Gasteiger partial charge on any atom is 0.422 e. The molecule has 20 heavy (non-hydrogen) atoms. The highest BCUT2D eigenvalue weighted by Crippen LogP contribution is 2.21. The lowest BCUT2D eigenvalue weighted by Crippen LogP contribution is -2.41. The second kappa shape index (κ2) is 5.78. The molecule has 0 aliphatic carbocycles. The van der Waals surface area contributed by atoms with Crippen molar-refractivity contribution in [2.24, 2.45) is 0 Å². The topological polar surface area (TPSA) is 87.2 Å². The van der Waals surface area contributed by atoms with Crippen LogP contribution in [0.1, 0.15) is 5.56 Å². The number of carbonyl (C=O) groups is 1. The van der Waals surface area contributed by atoms with Crippen molar-refractivity contribution in [3.05, 3.63) is 35.9 Å². The standard InChI is InChI=1S/C12H16N2O5S/c1-13-7-11(14(12(15)16)20(13,17)18)9-19-8-10-5-3-2-4-6-10/h2-6,11H,7-9H2,1H3,(H,15,16). The largest absolute Gasteiger partial charge is 0.464 e. The van der Waals surface area contributed by atoms with E-state index >= 15 is 0 Å². The van der Waals surface area contributed by atoms with Crippen LogP contribution in [0.25, 0.3) is 0 Å². The highest BCUT2D eigenvalue weighted by molar-refractivity contribution is 7.87. The normalized spacial score (nSPS) is 22.1. The zero-order chi connectivity index (χ0) is 14.8. The van der Waals surface area contributed by atoms with Gasteiger partial charge in [0.15, 0.2) is 0 Å². The van der Waals surface area contributed by atoms with Crippen molar-refractivity contribution in [2.75, 3.05) is 20.2 Å². The van der Waals surface area contributed by atoms with Crippen molar-refractivity contribution in [1.29, 1.82) is 0 Å². The number of benzene rings is 1. The van der Waals surface area contributed by atoms with Gasteiger partial charge in [-0.15, -0.1) is 0 Å². The summed E-state index contributed by atoms with van der Waals surface area (Å²) >= 11 is 0. The highest BCUT2D eigenvalue weighted by atomic mass is 32.2. The number of ether oxygens (including phenoxy) is 1. The molecule has 0 saturated carbocycles. The number of amides is 1. The lowest BCUT2D eigenvalue weighted by Gasteiger charge is -2.18. The first-order chi connectivity index (χ1) is 9.43. The van der Waals surface area contributed by atoms with Crippen LogP contribution in [0, 0.1) is 0 Å². The maximum atomic E-state index is 11.8. The molecule has 1 heterocycles. The van der Waals surface area contributed by atoms with Gasteiger partial charge in [0, 0.05) is 13.6 Å². The molecule has 1 aliphatic rings. The molecule has 8 heteroatoms. The van der Waals surface area contributed by atoms with E-state index in [2.05, 4.69) is 0 Å². The number of nitrogens with zero attached hydrogens (tertiary/aromatic N) is 2. The SMILES string of the molecule is CN1CC(COCc2ccccc2)N(C(=O)O)S1(=O)=O. The number of likely N-dealkylation sites (N-methyl/N-ethyl adjacent to an activating group) is 1. The zero-order valence-electron chi connectivity index (χ0n) is 11.0. The number of rotatable bonds is 4. The lowest BCUT2D eigenvalue weighted by molar-refractivity contribution is 0.0790. The smallest absolute Gasteiger partial charge is 0.422 e. The van der Waals surface area contributed by atoms with Gasteiger partial charge in [-0.1, -0.05) is 30.3 Å². The fourth-order valence-corrected chi connectivity index (χ4v) is 3.43. The van der Waals surface area contributed by atoms with E-state index in [1.54, 1.807) is 0 Å². The molecule has 1 aliphatic heterocycles. The Morgan fingerprint density at radius 3 is 2.65 bits per heavy atom. The van der Waals surface area contributed by atoms with Crippen molar-refractivity contribution in [2.45, 2.75) is 12.6 Å². The van der Waals surface area contributed by atoms with Crippen molar-refractivity contribution in [3.63, 3.8) is 0 Å². The minimum atomic E-state index is -3.92. The molecule has 1 unspecified atom stereocenters. The summed E-state index contributed by atoms with van der Waals surface area (Å²) in [5.41, 5.74) is 0.948. The molecule has 1 saturated heterocycles. The van der Waals surface area contributed by atoms with Crippen LogP contribution < -0.4 is 0 Å². The van der Waals surface area contributed by atoms with Crippen LogP contribution in [-0.4, -0.2) is 54.5 Å². The Morgan fingerprint density at radius 1 is 1.40 bits per heavy atom. The molecule has 1 N–H and O–H groups in total. The molecule has 7 nitrogen and oxygen atoms in total. The van der Waals surface area contributed by atoms with Gasteiger partial charge >= 0.3 is 16.3 Å². The lowest BCUT2D eigenvalue weighted by atomic mass is 10.2. The van der Waals surface area contributed by atoms with Crippen molar-refractivity contribution < 1.29 is 23.1 Å². The minimum Gasteiger partial charge on any atom is -0.464 e. The summed E-state index contributed by atoms with van der Waals surface area (Å²) in [6.45, 7) is 0.447. The average molecular weight is 300 g/mol. The third-order valence-corrected chi connectivity index (χ3v) is 4.94. The molecular weight excluding hydrogens is 284 g/mol. The summed E-state index contributed by atoms with van der Waals surface area (Å²) in [6.07, 6.45) is -1.48. The molecule has 1 atom stereocenters. The van der Waals surface area contributed by atoms with E-state index in [9.17, 15) is 13.2 Å². The Morgan fingerprint density at radius 2 is 2.05 bits per heavy atom. The van der Waals surface area contributed by atoms with Crippen LogP contribution in [-0.2, 0) is 21.6 Å². The van der Waals surface area contributed by atoms with Gasteiger partial charge in [0.25, 0.3) is 0 Å². The fraction of sp³-hybridized carbons (Fsp3) is 0.417. The molecule has 0 aromatic heterocycles. The molecular formula is C12H16N2O5S. The van der Waals surface area contributed by atoms with Gasteiger partial charge in [0.2, 0.25) is 0 Å². The quantitative estimate of drug-likeness (QED) is 0.886. The van der Waals surface area contributed by atoms with E-state index in [1.807, 2.05) is 30.3 Å². The maximum absolute atomic E-state index is 11.8. The Balaban J connectivity index is 1.97. The zero-order valence-corrected chi connectivity index (χ0v) is 11.8. The van der Waals surface area contributed by atoms with E-state index < -0.39 is 22.3 Å². The molecule has 2 rings (SSSR count). The van der Waals surface area contributed by atoms with Gasteiger partial charge in [-0.3, -0.25) is 0 Å². The Hall–Kier alpha value is -1.64. The molecule has 0 bridgehead atoms.